The molecular weight excluding hydrogens is 355 g/mol. The Balaban J connectivity index is 1.67. The predicted molar refractivity (Wildman–Crippen MR) is 97.8 cm³/mol. The number of nitrogens with zero attached hydrogens (tertiary/aromatic N) is 1. The van der Waals surface area contributed by atoms with Crippen LogP contribution in [0, 0.1) is 11.7 Å². The predicted octanol–water partition coefficient (Wildman–Crippen LogP) is 2.49. The van der Waals surface area contributed by atoms with E-state index in [4.69, 9.17) is 0 Å². The third kappa shape index (κ3) is 5.06. The van der Waals surface area contributed by atoms with Gasteiger partial charge in [-0.2, -0.15) is 0 Å². The summed E-state index contributed by atoms with van der Waals surface area (Å²) in [5, 5.41) is 3.01. The Labute approximate surface area is 156 Å². The first-order valence-electron chi connectivity index (χ1n) is 8.99. The Morgan fingerprint density at radius 2 is 1.88 bits per heavy atom. The summed E-state index contributed by atoms with van der Waals surface area (Å²) in [6.45, 7) is 0.189. The van der Waals surface area contributed by atoms with E-state index in [2.05, 4.69) is 5.32 Å². The largest absolute Gasteiger partial charge is 0.352 e. The minimum atomic E-state index is -0.382. The topological polar surface area (TPSA) is 66.5 Å². The first-order valence-corrected chi connectivity index (χ1v) is 9.98. The number of carbonyl (C=O) groups excluding carboxylic acids is 3. The normalized spacial score (nSPS) is 20.3. The number of amides is 2. The van der Waals surface area contributed by atoms with Crippen LogP contribution in [0.1, 0.15) is 37.7 Å². The lowest BCUT2D eigenvalue weighted by atomic mass is 10.1. The smallest absolute Gasteiger partial charge is 0.239 e. The molecular formula is C19H23FN2O3S. The first kappa shape index (κ1) is 18.9. The van der Waals surface area contributed by atoms with E-state index >= 15 is 0 Å². The molecule has 1 aliphatic heterocycles. The van der Waals surface area contributed by atoms with E-state index < -0.39 is 0 Å². The zero-order valence-corrected chi connectivity index (χ0v) is 15.4. The number of carbonyl (C=O) groups is 3. The van der Waals surface area contributed by atoms with Gasteiger partial charge in [0.2, 0.25) is 11.8 Å². The second kappa shape index (κ2) is 8.66. The highest BCUT2D eigenvalue weighted by Gasteiger charge is 2.33. The highest BCUT2D eigenvalue weighted by atomic mass is 32.2. The van der Waals surface area contributed by atoms with Crippen molar-refractivity contribution in [3.63, 3.8) is 0 Å². The summed E-state index contributed by atoms with van der Waals surface area (Å²) in [5.74, 6) is -0.629. The molecule has 1 aliphatic carbocycles. The van der Waals surface area contributed by atoms with Gasteiger partial charge in [-0.3, -0.25) is 14.4 Å². The molecule has 0 bridgehead atoms. The molecule has 2 aliphatic rings. The Morgan fingerprint density at radius 3 is 2.50 bits per heavy atom. The van der Waals surface area contributed by atoms with Crippen molar-refractivity contribution < 1.29 is 18.8 Å². The molecule has 26 heavy (non-hydrogen) atoms. The Hall–Kier alpha value is -1.89. The molecule has 3 rings (SSSR count). The molecule has 0 aromatic heterocycles. The van der Waals surface area contributed by atoms with Crippen molar-refractivity contribution >= 4 is 28.7 Å². The van der Waals surface area contributed by atoms with Gasteiger partial charge in [-0.25, -0.2) is 4.39 Å². The van der Waals surface area contributed by atoms with Crippen molar-refractivity contribution in [1.29, 1.82) is 0 Å². The molecule has 2 amide bonds. The van der Waals surface area contributed by atoms with Gasteiger partial charge in [-0.1, -0.05) is 36.7 Å². The van der Waals surface area contributed by atoms with Crippen LogP contribution in [-0.4, -0.2) is 40.2 Å². The number of halogens is 1. The van der Waals surface area contributed by atoms with E-state index in [1.54, 1.807) is 12.1 Å². The van der Waals surface area contributed by atoms with Crippen LogP contribution in [0.4, 0.5) is 4.39 Å². The van der Waals surface area contributed by atoms with E-state index in [1.165, 1.54) is 28.8 Å². The maximum atomic E-state index is 13.1. The Kier molecular flexibility index (Phi) is 6.29. The average Bonchev–Trinajstić information content (AvgIpc) is 3.27. The maximum absolute atomic E-state index is 13.1. The molecule has 1 N–H and O–H groups in total. The molecule has 5 nitrogen and oxygen atoms in total. The Morgan fingerprint density at radius 1 is 1.19 bits per heavy atom. The van der Waals surface area contributed by atoms with Gasteiger partial charge in [0.15, 0.2) is 5.12 Å². The highest BCUT2D eigenvalue weighted by Crippen LogP contribution is 2.27. The van der Waals surface area contributed by atoms with E-state index in [1.807, 2.05) is 0 Å². The highest BCUT2D eigenvalue weighted by molar-refractivity contribution is 8.14. The molecule has 1 heterocycles. The van der Waals surface area contributed by atoms with Crippen molar-refractivity contribution in [3.05, 3.63) is 35.6 Å². The van der Waals surface area contributed by atoms with Crippen LogP contribution in [0.5, 0.6) is 0 Å². The van der Waals surface area contributed by atoms with Crippen LogP contribution < -0.4 is 5.32 Å². The molecule has 0 unspecified atom stereocenters. The van der Waals surface area contributed by atoms with Crippen LogP contribution in [0.2, 0.25) is 0 Å². The standard InChI is InChI=1S/C19H23FN2O3S/c20-15-7-5-13(6-8-15)10-22(19(25)14-9-18(24)26-12-14)11-17(23)21-16-3-1-2-4-16/h5-8,14,16H,1-4,9-12H2,(H,21,23)/t14-/m0/s1. The summed E-state index contributed by atoms with van der Waals surface area (Å²) in [6.07, 6.45) is 4.40. The molecule has 7 heteroatoms. The molecule has 2 fully saturated rings. The average molecular weight is 378 g/mol. The van der Waals surface area contributed by atoms with Gasteiger partial charge in [0.25, 0.3) is 0 Å². The van der Waals surface area contributed by atoms with E-state index in [-0.39, 0.29) is 54.2 Å². The van der Waals surface area contributed by atoms with Gasteiger partial charge in [0.1, 0.15) is 5.82 Å². The lowest BCUT2D eigenvalue weighted by molar-refractivity contribution is -0.140. The van der Waals surface area contributed by atoms with E-state index in [0.717, 1.165) is 31.2 Å². The zero-order chi connectivity index (χ0) is 18.5. The van der Waals surface area contributed by atoms with Crippen LogP contribution in [0.25, 0.3) is 0 Å². The molecule has 140 valence electrons. The molecule has 0 radical (unpaired) electrons. The van der Waals surface area contributed by atoms with Gasteiger partial charge in [-0.05, 0) is 30.5 Å². The molecule has 1 saturated heterocycles. The zero-order valence-electron chi connectivity index (χ0n) is 14.6. The van der Waals surface area contributed by atoms with Gasteiger partial charge < -0.3 is 10.2 Å². The SMILES string of the molecule is O=C(CN(Cc1ccc(F)cc1)C(=O)[C@@H]1CSC(=O)C1)NC1CCCC1. The van der Waals surface area contributed by atoms with Crippen molar-refractivity contribution in [2.45, 2.75) is 44.7 Å². The number of thioether (sulfide) groups is 1. The van der Waals surface area contributed by atoms with Gasteiger partial charge >= 0.3 is 0 Å². The van der Waals surface area contributed by atoms with Crippen molar-refractivity contribution in [2.75, 3.05) is 12.3 Å². The fourth-order valence-electron chi connectivity index (χ4n) is 3.47. The van der Waals surface area contributed by atoms with Crippen LogP contribution in [0.15, 0.2) is 24.3 Å². The van der Waals surface area contributed by atoms with E-state index in [0.29, 0.717) is 5.75 Å². The lowest BCUT2D eigenvalue weighted by Crippen LogP contribution is -2.45. The molecule has 1 atom stereocenters. The summed E-state index contributed by atoms with van der Waals surface area (Å²) in [7, 11) is 0. The minimum absolute atomic E-state index is 0.0143. The van der Waals surface area contributed by atoms with Gasteiger partial charge in [0, 0.05) is 24.8 Å². The van der Waals surface area contributed by atoms with Crippen molar-refractivity contribution in [1.82, 2.24) is 10.2 Å². The fraction of sp³-hybridized carbons (Fsp3) is 0.526. The molecule has 1 saturated carbocycles. The summed E-state index contributed by atoms with van der Waals surface area (Å²) in [6, 6.07) is 6.09. The quantitative estimate of drug-likeness (QED) is 0.826. The minimum Gasteiger partial charge on any atom is -0.352 e. The van der Waals surface area contributed by atoms with Gasteiger partial charge in [0.05, 0.1) is 12.5 Å². The first-order chi connectivity index (χ1) is 12.5. The third-order valence-corrected chi connectivity index (χ3v) is 5.92. The third-order valence-electron chi connectivity index (χ3n) is 4.86. The van der Waals surface area contributed by atoms with Crippen LogP contribution in [0.3, 0.4) is 0 Å². The van der Waals surface area contributed by atoms with Crippen LogP contribution in [-0.2, 0) is 20.9 Å². The Bertz CT molecular complexity index is 674. The molecule has 1 aromatic carbocycles. The summed E-state index contributed by atoms with van der Waals surface area (Å²) in [4.78, 5) is 38.2. The monoisotopic (exact) mass is 378 g/mol. The number of nitrogens with one attached hydrogen (secondary N) is 1. The molecule has 1 aromatic rings. The summed E-state index contributed by atoms with van der Waals surface area (Å²) < 4.78 is 13.1. The summed E-state index contributed by atoms with van der Waals surface area (Å²) in [5.41, 5.74) is 0.755. The van der Waals surface area contributed by atoms with Crippen molar-refractivity contribution in [3.8, 4) is 0 Å². The van der Waals surface area contributed by atoms with Gasteiger partial charge in [-0.15, -0.1) is 0 Å². The van der Waals surface area contributed by atoms with E-state index in [9.17, 15) is 18.8 Å². The number of rotatable bonds is 6. The second-order valence-electron chi connectivity index (χ2n) is 6.95. The number of hydrogen-bond donors (Lipinski definition) is 1. The van der Waals surface area contributed by atoms with Crippen molar-refractivity contribution in [2.24, 2.45) is 5.92 Å². The fourth-order valence-corrected chi connectivity index (χ4v) is 4.43. The molecule has 0 spiro atoms. The number of hydrogen-bond acceptors (Lipinski definition) is 4. The lowest BCUT2D eigenvalue weighted by Gasteiger charge is -2.25. The second-order valence-corrected chi connectivity index (χ2v) is 8.03. The summed E-state index contributed by atoms with van der Waals surface area (Å²) >= 11 is 1.17. The van der Waals surface area contributed by atoms with Crippen LogP contribution >= 0.6 is 11.8 Å². The maximum Gasteiger partial charge on any atom is 0.239 e. The number of benzene rings is 1.